The van der Waals surface area contributed by atoms with Gasteiger partial charge >= 0.3 is 0 Å². The summed E-state index contributed by atoms with van der Waals surface area (Å²) in [7, 11) is 0. The van der Waals surface area contributed by atoms with E-state index < -0.39 is 6.04 Å². The molecule has 0 bridgehead atoms. The van der Waals surface area contributed by atoms with Crippen LogP contribution in [0, 0.1) is 0 Å². The number of aromatic amines is 1. The summed E-state index contributed by atoms with van der Waals surface area (Å²) in [6.45, 7) is 1.90. The predicted octanol–water partition coefficient (Wildman–Crippen LogP) is 2.59. The molecule has 124 valence electrons. The Kier molecular flexibility index (Phi) is 4.96. The molecule has 0 spiro atoms. The van der Waals surface area contributed by atoms with Crippen LogP contribution < -0.4 is 10.6 Å². The molecular weight excluding hydrogens is 322 g/mol. The molecule has 0 saturated carbocycles. The van der Waals surface area contributed by atoms with Crippen molar-refractivity contribution in [3.05, 3.63) is 58.4 Å². The van der Waals surface area contributed by atoms with E-state index in [0.29, 0.717) is 13.0 Å². The Hall–Kier alpha value is -2.60. The largest absolute Gasteiger partial charge is 0.361 e. The van der Waals surface area contributed by atoms with Crippen LogP contribution >= 0.6 is 11.3 Å². The van der Waals surface area contributed by atoms with E-state index in [2.05, 4.69) is 15.6 Å². The quantitative estimate of drug-likeness (QED) is 0.645. The van der Waals surface area contributed by atoms with Gasteiger partial charge in [0.05, 0.1) is 6.54 Å². The van der Waals surface area contributed by atoms with Crippen molar-refractivity contribution in [3.8, 4) is 0 Å². The molecule has 0 aliphatic heterocycles. The molecule has 0 aliphatic carbocycles. The molecular formula is C18H19N3O2S. The van der Waals surface area contributed by atoms with E-state index in [1.165, 1.54) is 6.92 Å². The summed E-state index contributed by atoms with van der Waals surface area (Å²) < 4.78 is 0. The van der Waals surface area contributed by atoms with Gasteiger partial charge in [0.2, 0.25) is 11.8 Å². The SMILES string of the molecule is CC(=O)N[C@@H](Cc1c[nH]c2ccccc12)C(=O)NCc1cccs1. The molecule has 0 fully saturated rings. The van der Waals surface area contributed by atoms with Crippen LogP contribution in [0.5, 0.6) is 0 Å². The Bertz CT molecular complexity index is 839. The number of para-hydroxylation sites is 1. The van der Waals surface area contributed by atoms with Crippen molar-refractivity contribution >= 4 is 34.1 Å². The lowest BCUT2D eigenvalue weighted by molar-refractivity contribution is -0.128. The minimum absolute atomic E-state index is 0.177. The van der Waals surface area contributed by atoms with E-state index in [1.807, 2.05) is 48.0 Å². The number of hydrogen-bond acceptors (Lipinski definition) is 3. The fourth-order valence-electron chi connectivity index (χ4n) is 2.69. The van der Waals surface area contributed by atoms with Crippen LogP contribution in [0.15, 0.2) is 48.0 Å². The van der Waals surface area contributed by atoms with Gasteiger partial charge in [-0.05, 0) is 23.1 Å². The van der Waals surface area contributed by atoms with E-state index in [4.69, 9.17) is 0 Å². The molecule has 1 aromatic carbocycles. The van der Waals surface area contributed by atoms with Crippen LogP contribution in [0.3, 0.4) is 0 Å². The molecule has 6 heteroatoms. The Morgan fingerprint density at radius 1 is 1.21 bits per heavy atom. The van der Waals surface area contributed by atoms with Crippen molar-refractivity contribution in [2.75, 3.05) is 0 Å². The lowest BCUT2D eigenvalue weighted by Crippen LogP contribution is -2.47. The molecule has 24 heavy (non-hydrogen) atoms. The molecule has 2 aromatic heterocycles. The van der Waals surface area contributed by atoms with Gasteiger partial charge in [0.25, 0.3) is 0 Å². The molecule has 3 rings (SSSR count). The zero-order chi connectivity index (χ0) is 16.9. The third-order valence-corrected chi connectivity index (χ3v) is 4.69. The van der Waals surface area contributed by atoms with Crippen molar-refractivity contribution in [3.63, 3.8) is 0 Å². The first-order chi connectivity index (χ1) is 11.6. The van der Waals surface area contributed by atoms with Crippen molar-refractivity contribution in [1.29, 1.82) is 0 Å². The second-order valence-electron chi connectivity index (χ2n) is 5.61. The van der Waals surface area contributed by atoms with Crippen molar-refractivity contribution in [2.24, 2.45) is 0 Å². The van der Waals surface area contributed by atoms with Gasteiger partial charge in [-0.3, -0.25) is 9.59 Å². The highest BCUT2D eigenvalue weighted by Crippen LogP contribution is 2.19. The maximum Gasteiger partial charge on any atom is 0.243 e. The zero-order valence-electron chi connectivity index (χ0n) is 13.3. The fraction of sp³-hybridized carbons (Fsp3) is 0.222. The van der Waals surface area contributed by atoms with Gasteiger partial charge in [-0.1, -0.05) is 24.3 Å². The first kappa shape index (κ1) is 16.3. The smallest absolute Gasteiger partial charge is 0.243 e. The topological polar surface area (TPSA) is 74.0 Å². The average molecular weight is 341 g/mol. The van der Waals surface area contributed by atoms with E-state index in [-0.39, 0.29) is 11.8 Å². The van der Waals surface area contributed by atoms with Gasteiger partial charge in [-0.2, -0.15) is 0 Å². The number of nitrogens with one attached hydrogen (secondary N) is 3. The molecule has 0 radical (unpaired) electrons. The summed E-state index contributed by atoms with van der Waals surface area (Å²) in [5, 5.41) is 8.69. The van der Waals surface area contributed by atoms with Crippen LogP contribution in [0.25, 0.3) is 10.9 Å². The highest BCUT2D eigenvalue weighted by atomic mass is 32.1. The third-order valence-electron chi connectivity index (χ3n) is 3.81. The van der Waals surface area contributed by atoms with Crippen LogP contribution in [0.4, 0.5) is 0 Å². The summed E-state index contributed by atoms with van der Waals surface area (Å²) in [6, 6.07) is 11.2. The molecule has 5 nitrogen and oxygen atoms in total. The highest BCUT2D eigenvalue weighted by Gasteiger charge is 2.21. The third kappa shape index (κ3) is 3.83. The van der Waals surface area contributed by atoms with Gasteiger partial charge in [-0.15, -0.1) is 11.3 Å². The fourth-order valence-corrected chi connectivity index (χ4v) is 3.33. The highest BCUT2D eigenvalue weighted by molar-refractivity contribution is 7.09. The van der Waals surface area contributed by atoms with Crippen molar-refractivity contribution in [1.82, 2.24) is 15.6 Å². The minimum Gasteiger partial charge on any atom is -0.361 e. The summed E-state index contributed by atoms with van der Waals surface area (Å²) in [4.78, 5) is 28.3. The molecule has 0 saturated heterocycles. The van der Waals surface area contributed by atoms with Gasteiger partial charge in [0, 0.05) is 35.3 Å². The summed E-state index contributed by atoms with van der Waals surface area (Å²) in [6.07, 6.45) is 2.34. The van der Waals surface area contributed by atoms with Crippen LogP contribution in [0.1, 0.15) is 17.4 Å². The summed E-state index contributed by atoms with van der Waals surface area (Å²) in [5.74, 6) is -0.394. The number of aromatic nitrogens is 1. The van der Waals surface area contributed by atoms with Crippen LogP contribution in [-0.4, -0.2) is 22.8 Å². The lowest BCUT2D eigenvalue weighted by atomic mass is 10.0. The van der Waals surface area contributed by atoms with Gasteiger partial charge in [0.15, 0.2) is 0 Å². The van der Waals surface area contributed by atoms with Crippen LogP contribution in [-0.2, 0) is 22.6 Å². The number of amides is 2. The predicted molar refractivity (Wildman–Crippen MR) is 95.8 cm³/mol. The second-order valence-corrected chi connectivity index (χ2v) is 6.65. The Balaban J connectivity index is 1.73. The molecule has 1 atom stereocenters. The number of rotatable bonds is 6. The van der Waals surface area contributed by atoms with E-state index in [0.717, 1.165) is 21.3 Å². The number of H-pyrrole nitrogens is 1. The van der Waals surface area contributed by atoms with Crippen molar-refractivity contribution < 1.29 is 9.59 Å². The lowest BCUT2D eigenvalue weighted by Gasteiger charge is -2.17. The van der Waals surface area contributed by atoms with Crippen LogP contribution in [0.2, 0.25) is 0 Å². The normalized spacial score (nSPS) is 12.0. The van der Waals surface area contributed by atoms with Gasteiger partial charge in [-0.25, -0.2) is 0 Å². The second kappa shape index (κ2) is 7.31. The molecule has 0 aliphatic rings. The van der Waals surface area contributed by atoms with E-state index >= 15 is 0 Å². The molecule has 0 unspecified atom stereocenters. The molecule has 2 heterocycles. The Morgan fingerprint density at radius 3 is 2.79 bits per heavy atom. The van der Waals surface area contributed by atoms with Crippen molar-refractivity contribution in [2.45, 2.75) is 25.9 Å². The summed E-state index contributed by atoms with van der Waals surface area (Å²) in [5.41, 5.74) is 2.03. The molecule has 2 amide bonds. The molecule has 3 aromatic rings. The van der Waals surface area contributed by atoms with Gasteiger partial charge < -0.3 is 15.6 Å². The minimum atomic E-state index is -0.596. The van der Waals surface area contributed by atoms with Gasteiger partial charge in [0.1, 0.15) is 6.04 Å². The number of thiophene rings is 1. The summed E-state index contributed by atoms with van der Waals surface area (Å²) >= 11 is 1.59. The maximum atomic E-state index is 12.5. The first-order valence-electron chi connectivity index (χ1n) is 7.75. The number of carbonyl (C=O) groups excluding carboxylic acids is 2. The Labute approximate surface area is 144 Å². The molecule has 3 N–H and O–H groups in total. The number of carbonyl (C=O) groups is 2. The first-order valence-corrected chi connectivity index (χ1v) is 8.63. The Morgan fingerprint density at radius 2 is 2.04 bits per heavy atom. The zero-order valence-corrected chi connectivity index (χ0v) is 14.2. The number of benzene rings is 1. The van der Waals surface area contributed by atoms with E-state index in [1.54, 1.807) is 11.3 Å². The average Bonchev–Trinajstić information content (AvgIpc) is 3.22. The maximum absolute atomic E-state index is 12.5. The monoisotopic (exact) mass is 341 g/mol. The van der Waals surface area contributed by atoms with E-state index in [9.17, 15) is 9.59 Å². The number of fused-ring (bicyclic) bond motifs is 1. The number of hydrogen-bond donors (Lipinski definition) is 3. The standard InChI is InChI=1S/C18H19N3O2S/c1-12(22)21-17(18(23)20-11-14-5-4-8-24-14)9-13-10-19-16-7-3-2-6-15(13)16/h2-8,10,17,19H,9,11H2,1H3,(H,20,23)(H,21,22)/t17-/m0/s1.